The third kappa shape index (κ3) is 4.07. The topological polar surface area (TPSA) is 51.0 Å². The number of oxime groups is 1. The quantitative estimate of drug-likeness (QED) is 0.359. The van der Waals surface area contributed by atoms with E-state index in [1.165, 1.54) is 25.5 Å². The summed E-state index contributed by atoms with van der Waals surface area (Å²) < 4.78 is 24.9. The highest BCUT2D eigenvalue weighted by molar-refractivity contribution is 14.1. The van der Waals surface area contributed by atoms with Gasteiger partial charge in [0.1, 0.15) is 12.4 Å². The number of hydrogen-bond donors (Lipinski definition) is 1. The van der Waals surface area contributed by atoms with Gasteiger partial charge in [-0.25, -0.2) is 4.39 Å². The molecule has 0 saturated heterocycles. The van der Waals surface area contributed by atoms with Crippen LogP contribution in [0.3, 0.4) is 0 Å². The minimum absolute atomic E-state index is 0.234. The summed E-state index contributed by atoms with van der Waals surface area (Å²) in [7, 11) is 1.53. The minimum Gasteiger partial charge on any atom is -0.493 e. The Kier molecular flexibility index (Phi) is 5.38. The molecule has 2 aromatic rings. The van der Waals surface area contributed by atoms with Crippen molar-refractivity contribution in [1.82, 2.24) is 0 Å². The zero-order valence-corrected chi connectivity index (χ0v) is 13.4. The molecule has 0 bridgehead atoms. The van der Waals surface area contributed by atoms with E-state index in [2.05, 4.69) is 27.7 Å². The summed E-state index contributed by atoms with van der Waals surface area (Å²) in [4.78, 5) is 0. The molecule has 6 heteroatoms. The van der Waals surface area contributed by atoms with Crippen LogP contribution in [0.2, 0.25) is 0 Å². The molecule has 110 valence electrons. The van der Waals surface area contributed by atoms with Crippen LogP contribution in [0.5, 0.6) is 11.5 Å². The summed E-state index contributed by atoms with van der Waals surface area (Å²) in [5.41, 5.74) is 1.42. The van der Waals surface area contributed by atoms with E-state index in [0.717, 1.165) is 9.13 Å². The Morgan fingerprint density at radius 3 is 2.81 bits per heavy atom. The van der Waals surface area contributed by atoms with Gasteiger partial charge in [0.2, 0.25) is 0 Å². The molecular formula is C15H13FINO3. The third-order valence-electron chi connectivity index (χ3n) is 2.73. The predicted molar refractivity (Wildman–Crippen MR) is 85.8 cm³/mol. The Labute approximate surface area is 135 Å². The smallest absolute Gasteiger partial charge is 0.174 e. The number of rotatable bonds is 5. The second-order valence-electron chi connectivity index (χ2n) is 4.20. The van der Waals surface area contributed by atoms with Crippen LogP contribution in [0.25, 0.3) is 0 Å². The molecule has 0 atom stereocenters. The molecule has 0 radical (unpaired) electrons. The second-order valence-corrected chi connectivity index (χ2v) is 5.36. The SMILES string of the molecule is COc1cc(/C=N\O)cc(I)c1OCc1cccc(F)c1. The molecule has 0 aromatic heterocycles. The van der Waals surface area contributed by atoms with E-state index in [9.17, 15) is 4.39 Å². The molecule has 21 heavy (non-hydrogen) atoms. The fraction of sp³-hybridized carbons (Fsp3) is 0.133. The van der Waals surface area contributed by atoms with Gasteiger partial charge >= 0.3 is 0 Å². The van der Waals surface area contributed by atoms with Gasteiger partial charge in [0.25, 0.3) is 0 Å². The van der Waals surface area contributed by atoms with Crippen molar-refractivity contribution < 1.29 is 19.1 Å². The summed E-state index contributed by atoms with van der Waals surface area (Å²) in [5, 5.41) is 11.6. The van der Waals surface area contributed by atoms with Crippen LogP contribution in [0.15, 0.2) is 41.6 Å². The first-order valence-corrected chi connectivity index (χ1v) is 7.14. The zero-order valence-electron chi connectivity index (χ0n) is 11.2. The average Bonchev–Trinajstić information content (AvgIpc) is 2.46. The van der Waals surface area contributed by atoms with Crippen molar-refractivity contribution in [3.63, 3.8) is 0 Å². The Hall–Kier alpha value is -1.83. The van der Waals surface area contributed by atoms with Gasteiger partial charge in [-0.05, 0) is 52.4 Å². The maximum Gasteiger partial charge on any atom is 0.174 e. The summed E-state index contributed by atoms with van der Waals surface area (Å²) >= 11 is 2.10. The first-order valence-electron chi connectivity index (χ1n) is 6.06. The number of nitrogens with zero attached hydrogens (tertiary/aromatic N) is 1. The van der Waals surface area contributed by atoms with Crippen molar-refractivity contribution in [3.8, 4) is 11.5 Å². The van der Waals surface area contributed by atoms with Gasteiger partial charge in [-0.3, -0.25) is 0 Å². The van der Waals surface area contributed by atoms with Crippen LogP contribution >= 0.6 is 22.6 Å². The van der Waals surface area contributed by atoms with Gasteiger partial charge in [-0.1, -0.05) is 17.3 Å². The van der Waals surface area contributed by atoms with Gasteiger partial charge in [0.05, 0.1) is 16.9 Å². The van der Waals surface area contributed by atoms with Crippen LogP contribution in [0, 0.1) is 9.39 Å². The summed E-state index contributed by atoms with van der Waals surface area (Å²) in [5.74, 6) is 0.790. The van der Waals surface area contributed by atoms with Crippen molar-refractivity contribution in [2.45, 2.75) is 6.61 Å². The zero-order chi connectivity index (χ0) is 15.2. The highest BCUT2D eigenvalue weighted by Gasteiger charge is 2.11. The largest absolute Gasteiger partial charge is 0.493 e. The number of benzene rings is 2. The lowest BCUT2D eigenvalue weighted by molar-refractivity contribution is 0.282. The van der Waals surface area contributed by atoms with Crippen molar-refractivity contribution in [2.75, 3.05) is 7.11 Å². The lowest BCUT2D eigenvalue weighted by atomic mass is 10.2. The van der Waals surface area contributed by atoms with E-state index in [1.54, 1.807) is 24.3 Å². The van der Waals surface area contributed by atoms with Crippen molar-refractivity contribution >= 4 is 28.8 Å². The van der Waals surface area contributed by atoms with E-state index < -0.39 is 0 Å². The highest BCUT2D eigenvalue weighted by Crippen LogP contribution is 2.34. The molecule has 0 spiro atoms. The molecule has 2 rings (SSSR count). The fourth-order valence-electron chi connectivity index (χ4n) is 1.80. The number of halogens is 2. The number of ether oxygens (including phenoxy) is 2. The second kappa shape index (κ2) is 7.26. The molecule has 0 unspecified atom stereocenters. The average molecular weight is 401 g/mol. The number of hydrogen-bond acceptors (Lipinski definition) is 4. The van der Waals surface area contributed by atoms with Gasteiger partial charge in [0.15, 0.2) is 11.5 Å². The molecule has 0 aliphatic heterocycles. The first kappa shape index (κ1) is 15.6. The third-order valence-corrected chi connectivity index (χ3v) is 3.53. The van der Waals surface area contributed by atoms with E-state index in [1.807, 2.05) is 0 Å². The Bertz CT molecular complexity index is 661. The predicted octanol–water partition coefficient (Wildman–Crippen LogP) is 3.83. The Morgan fingerprint density at radius 2 is 2.14 bits per heavy atom. The van der Waals surface area contributed by atoms with Crippen LogP contribution in [-0.2, 0) is 6.61 Å². The van der Waals surface area contributed by atoms with Crippen LogP contribution < -0.4 is 9.47 Å². The van der Waals surface area contributed by atoms with E-state index in [-0.39, 0.29) is 12.4 Å². The normalized spacial score (nSPS) is 10.8. The maximum atomic E-state index is 13.1. The highest BCUT2D eigenvalue weighted by atomic mass is 127. The molecule has 0 aliphatic carbocycles. The standard InChI is InChI=1S/C15H13FINO3/c1-20-14-7-11(8-18-19)6-13(17)15(14)21-9-10-3-2-4-12(16)5-10/h2-8,19H,9H2,1H3/b18-8-. The van der Waals surface area contributed by atoms with Crippen LogP contribution in [-0.4, -0.2) is 18.5 Å². The van der Waals surface area contributed by atoms with Crippen molar-refractivity contribution in [1.29, 1.82) is 0 Å². The van der Waals surface area contributed by atoms with Crippen LogP contribution in [0.1, 0.15) is 11.1 Å². The molecule has 0 saturated carbocycles. The fourth-order valence-corrected chi connectivity index (χ4v) is 2.58. The summed E-state index contributed by atoms with van der Waals surface area (Å²) in [6, 6.07) is 9.72. The molecule has 0 amide bonds. The lowest BCUT2D eigenvalue weighted by Crippen LogP contribution is -2.01. The number of methoxy groups -OCH3 is 1. The molecule has 0 heterocycles. The molecule has 2 aromatic carbocycles. The van der Waals surface area contributed by atoms with Crippen LogP contribution in [0.4, 0.5) is 4.39 Å². The summed E-state index contributed by atoms with van der Waals surface area (Å²) in [6.07, 6.45) is 1.31. The minimum atomic E-state index is -0.299. The lowest BCUT2D eigenvalue weighted by Gasteiger charge is -2.13. The first-order chi connectivity index (χ1) is 10.1. The molecule has 0 fully saturated rings. The molecule has 4 nitrogen and oxygen atoms in total. The molecule has 1 N–H and O–H groups in total. The van der Waals surface area contributed by atoms with E-state index in [4.69, 9.17) is 14.7 Å². The van der Waals surface area contributed by atoms with Gasteiger partial charge in [-0.2, -0.15) is 0 Å². The van der Waals surface area contributed by atoms with Gasteiger partial charge in [0, 0.05) is 5.56 Å². The van der Waals surface area contributed by atoms with E-state index >= 15 is 0 Å². The molecular weight excluding hydrogens is 388 g/mol. The van der Waals surface area contributed by atoms with Crippen molar-refractivity contribution in [2.24, 2.45) is 5.16 Å². The van der Waals surface area contributed by atoms with Gasteiger partial charge in [-0.15, -0.1) is 0 Å². The Morgan fingerprint density at radius 1 is 1.33 bits per heavy atom. The maximum absolute atomic E-state index is 13.1. The molecule has 0 aliphatic rings. The van der Waals surface area contributed by atoms with E-state index in [0.29, 0.717) is 17.1 Å². The van der Waals surface area contributed by atoms with Gasteiger partial charge < -0.3 is 14.7 Å². The Balaban J connectivity index is 2.23. The monoisotopic (exact) mass is 401 g/mol. The summed E-state index contributed by atoms with van der Waals surface area (Å²) in [6.45, 7) is 0.234. The van der Waals surface area contributed by atoms with Crippen molar-refractivity contribution in [3.05, 3.63) is 56.9 Å².